The molecule has 0 aromatic rings. The van der Waals surface area contributed by atoms with Crippen LogP contribution in [0, 0.1) is 0 Å². The molecule has 1 unspecified atom stereocenters. The fraction of sp³-hybridized carbons (Fsp3) is 0.600. The van der Waals surface area contributed by atoms with E-state index in [0.717, 1.165) is 6.26 Å². The van der Waals surface area contributed by atoms with Crippen LogP contribution >= 0.6 is 0 Å². The summed E-state index contributed by atoms with van der Waals surface area (Å²) in [6.45, 7) is 3.14. The molecular weight excluding hydrogens is 108 g/mol. The highest BCUT2D eigenvalue weighted by molar-refractivity contribution is 4.51. The third-order valence-corrected chi connectivity index (χ3v) is 0.629. The zero-order valence-corrected chi connectivity index (χ0v) is 4.58. The summed E-state index contributed by atoms with van der Waals surface area (Å²) >= 11 is 0. The van der Waals surface area contributed by atoms with Crippen LogP contribution in [0.5, 0.6) is 0 Å². The van der Waals surface area contributed by atoms with Gasteiger partial charge in [-0.2, -0.15) is 0 Å². The van der Waals surface area contributed by atoms with Crippen molar-refractivity contribution in [3.05, 3.63) is 12.8 Å². The molecule has 48 valence electrons. The lowest BCUT2D eigenvalue weighted by Gasteiger charge is -2.05. The highest BCUT2D eigenvalue weighted by Gasteiger charge is 1.97. The van der Waals surface area contributed by atoms with Crippen LogP contribution < -0.4 is 0 Å². The second-order valence-electron chi connectivity index (χ2n) is 1.27. The summed E-state index contributed by atoms with van der Waals surface area (Å²) in [6, 6.07) is 0. The molecule has 0 saturated carbocycles. The Bertz CT molecular complexity index is 62.7. The van der Waals surface area contributed by atoms with Gasteiger partial charge in [0.15, 0.2) is 6.29 Å². The highest BCUT2D eigenvalue weighted by atomic mass is 16.6. The van der Waals surface area contributed by atoms with Crippen LogP contribution in [0.3, 0.4) is 0 Å². The molecule has 3 nitrogen and oxygen atoms in total. The molecule has 0 aromatic heterocycles. The number of rotatable bonds is 4. The average Bonchev–Trinajstić information content (AvgIpc) is 1.68. The van der Waals surface area contributed by atoms with E-state index in [2.05, 4.69) is 11.3 Å². The molecule has 0 heterocycles. The van der Waals surface area contributed by atoms with Gasteiger partial charge >= 0.3 is 0 Å². The number of aliphatic hydroxyl groups is 2. The maximum Gasteiger partial charge on any atom is 0.198 e. The van der Waals surface area contributed by atoms with Crippen molar-refractivity contribution < 1.29 is 14.9 Å². The molecule has 0 aliphatic rings. The smallest absolute Gasteiger partial charge is 0.198 e. The van der Waals surface area contributed by atoms with E-state index in [-0.39, 0.29) is 13.0 Å². The van der Waals surface area contributed by atoms with Crippen molar-refractivity contribution in [1.29, 1.82) is 0 Å². The van der Waals surface area contributed by atoms with Crippen LogP contribution in [0.25, 0.3) is 0 Å². The second kappa shape index (κ2) is 4.61. The summed E-state index contributed by atoms with van der Waals surface area (Å²) in [5, 5.41) is 16.8. The van der Waals surface area contributed by atoms with E-state index in [4.69, 9.17) is 10.2 Å². The van der Waals surface area contributed by atoms with Gasteiger partial charge in [-0.05, 0) is 0 Å². The third-order valence-electron chi connectivity index (χ3n) is 0.629. The molecule has 0 aliphatic heterocycles. The minimum absolute atomic E-state index is 0.0744. The van der Waals surface area contributed by atoms with Crippen LogP contribution in [0.2, 0.25) is 0 Å². The van der Waals surface area contributed by atoms with Crippen molar-refractivity contribution in [2.45, 2.75) is 12.7 Å². The van der Waals surface area contributed by atoms with Gasteiger partial charge in [-0.25, -0.2) is 0 Å². The SMILES string of the molecule is C=COC(O)CCO. The molecule has 0 spiro atoms. The Balaban J connectivity index is 3.03. The maximum absolute atomic E-state index is 8.60. The Morgan fingerprint density at radius 2 is 2.38 bits per heavy atom. The lowest BCUT2D eigenvalue weighted by atomic mass is 10.4. The minimum atomic E-state index is -0.905. The van der Waals surface area contributed by atoms with Crippen LogP contribution in [0.15, 0.2) is 12.8 Å². The summed E-state index contributed by atoms with van der Waals surface area (Å²) in [5.74, 6) is 0. The predicted octanol–water partition coefficient (Wildman–Crippen LogP) is -0.153. The first-order chi connectivity index (χ1) is 3.81. The lowest BCUT2D eigenvalue weighted by molar-refractivity contribution is -0.0635. The standard InChI is InChI=1S/C5H10O3/c1-2-8-5(7)3-4-6/h2,5-7H,1,3-4H2. The van der Waals surface area contributed by atoms with Gasteiger partial charge in [-0.15, -0.1) is 0 Å². The molecule has 2 N–H and O–H groups in total. The Morgan fingerprint density at radius 1 is 1.75 bits per heavy atom. The first kappa shape index (κ1) is 7.46. The van der Waals surface area contributed by atoms with E-state index >= 15 is 0 Å². The van der Waals surface area contributed by atoms with Crippen LogP contribution in [0.4, 0.5) is 0 Å². The first-order valence-corrected chi connectivity index (χ1v) is 2.36. The van der Waals surface area contributed by atoms with Gasteiger partial charge in [-0.3, -0.25) is 0 Å². The van der Waals surface area contributed by atoms with Gasteiger partial charge in [0, 0.05) is 13.0 Å². The summed E-state index contributed by atoms with van der Waals surface area (Å²) in [7, 11) is 0. The van der Waals surface area contributed by atoms with Crippen molar-refractivity contribution in [2.75, 3.05) is 6.61 Å². The monoisotopic (exact) mass is 118 g/mol. The van der Waals surface area contributed by atoms with Gasteiger partial charge in [0.2, 0.25) is 0 Å². The van der Waals surface area contributed by atoms with E-state index in [9.17, 15) is 0 Å². The van der Waals surface area contributed by atoms with Crippen LogP contribution in [0.1, 0.15) is 6.42 Å². The molecule has 0 saturated heterocycles. The van der Waals surface area contributed by atoms with Crippen molar-refractivity contribution in [1.82, 2.24) is 0 Å². The minimum Gasteiger partial charge on any atom is -0.473 e. The van der Waals surface area contributed by atoms with E-state index in [1.165, 1.54) is 0 Å². The second-order valence-corrected chi connectivity index (χ2v) is 1.27. The Labute approximate surface area is 48.2 Å². The highest BCUT2D eigenvalue weighted by Crippen LogP contribution is 1.90. The molecule has 0 bridgehead atoms. The summed E-state index contributed by atoms with van der Waals surface area (Å²) < 4.78 is 4.44. The molecule has 0 aliphatic carbocycles. The Morgan fingerprint density at radius 3 is 2.75 bits per heavy atom. The fourth-order valence-corrected chi connectivity index (χ4v) is 0.290. The topological polar surface area (TPSA) is 49.7 Å². The quantitative estimate of drug-likeness (QED) is 0.398. The zero-order valence-electron chi connectivity index (χ0n) is 4.58. The number of hydrogen-bond donors (Lipinski definition) is 2. The normalized spacial score (nSPS) is 12.8. The van der Waals surface area contributed by atoms with Gasteiger partial charge in [0.1, 0.15) is 0 Å². The van der Waals surface area contributed by atoms with E-state index in [0.29, 0.717) is 0 Å². The molecule has 0 aromatic carbocycles. The lowest BCUT2D eigenvalue weighted by Crippen LogP contribution is -2.09. The first-order valence-electron chi connectivity index (χ1n) is 2.36. The third kappa shape index (κ3) is 3.64. The van der Waals surface area contributed by atoms with Gasteiger partial charge in [-0.1, -0.05) is 6.58 Å². The van der Waals surface area contributed by atoms with Crippen molar-refractivity contribution in [3.8, 4) is 0 Å². The average molecular weight is 118 g/mol. The zero-order chi connectivity index (χ0) is 6.41. The van der Waals surface area contributed by atoms with Crippen LogP contribution in [-0.2, 0) is 4.74 Å². The molecule has 3 heteroatoms. The molecule has 0 amide bonds. The Hall–Kier alpha value is -0.540. The van der Waals surface area contributed by atoms with Crippen molar-refractivity contribution in [2.24, 2.45) is 0 Å². The predicted molar refractivity (Wildman–Crippen MR) is 29.0 cm³/mol. The molecule has 0 rings (SSSR count). The van der Waals surface area contributed by atoms with Gasteiger partial charge in [0.05, 0.1) is 6.26 Å². The maximum atomic E-state index is 8.60. The van der Waals surface area contributed by atoms with Gasteiger partial charge in [0.25, 0.3) is 0 Å². The van der Waals surface area contributed by atoms with Crippen LogP contribution in [-0.4, -0.2) is 23.1 Å². The number of ether oxygens (including phenoxy) is 1. The summed E-state index contributed by atoms with van der Waals surface area (Å²) in [4.78, 5) is 0. The molecular formula is C5H10O3. The summed E-state index contributed by atoms with van der Waals surface area (Å²) in [5.41, 5.74) is 0. The number of aliphatic hydroxyl groups excluding tert-OH is 2. The van der Waals surface area contributed by atoms with E-state index in [1.807, 2.05) is 0 Å². The molecule has 8 heavy (non-hydrogen) atoms. The van der Waals surface area contributed by atoms with E-state index in [1.54, 1.807) is 0 Å². The van der Waals surface area contributed by atoms with E-state index < -0.39 is 6.29 Å². The molecule has 0 radical (unpaired) electrons. The number of hydrogen-bond acceptors (Lipinski definition) is 3. The molecule has 1 atom stereocenters. The van der Waals surface area contributed by atoms with Crippen molar-refractivity contribution >= 4 is 0 Å². The Kier molecular flexibility index (Phi) is 4.30. The summed E-state index contributed by atoms with van der Waals surface area (Å²) in [6.07, 6.45) is 0.462. The van der Waals surface area contributed by atoms with Gasteiger partial charge < -0.3 is 14.9 Å². The van der Waals surface area contributed by atoms with Crippen molar-refractivity contribution in [3.63, 3.8) is 0 Å². The largest absolute Gasteiger partial charge is 0.473 e. The molecule has 0 fully saturated rings. The fourth-order valence-electron chi connectivity index (χ4n) is 0.290.